The highest BCUT2D eigenvalue weighted by molar-refractivity contribution is 9.10. The summed E-state index contributed by atoms with van der Waals surface area (Å²) in [5.74, 6) is -0.827. The highest BCUT2D eigenvalue weighted by Crippen LogP contribution is 2.33. The molecular weight excluding hydrogens is 721 g/mol. The van der Waals surface area contributed by atoms with Crippen molar-refractivity contribution < 1.29 is 18.0 Å². The van der Waals surface area contributed by atoms with Gasteiger partial charge in [0.05, 0.1) is 15.6 Å². The third kappa shape index (κ3) is 9.16. The van der Waals surface area contributed by atoms with E-state index >= 15 is 0 Å². The molecule has 11 heteroatoms. The van der Waals surface area contributed by atoms with Gasteiger partial charge in [-0.3, -0.25) is 13.9 Å². The largest absolute Gasteiger partial charge is 0.352 e. The molecule has 0 radical (unpaired) electrons. The minimum absolute atomic E-state index is 0.00541. The summed E-state index contributed by atoms with van der Waals surface area (Å²) < 4.78 is 30.2. The number of rotatable bonds is 12. The minimum Gasteiger partial charge on any atom is -0.352 e. The van der Waals surface area contributed by atoms with Crippen LogP contribution in [0.15, 0.2) is 112 Å². The zero-order valence-corrected chi connectivity index (χ0v) is 29.6. The second kappa shape index (κ2) is 16.2. The molecule has 47 heavy (non-hydrogen) atoms. The van der Waals surface area contributed by atoms with Gasteiger partial charge in [-0.15, -0.1) is 0 Å². The van der Waals surface area contributed by atoms with Crippen LogP contribution < -0.4 is 9.62 Å². The Morgan fingerprint density at radius 3 is 2.11 bits per heavy atom. The summed E-state index contributed by atoms with van der Waals surface area (Å²) >= 11 is 16.2. The first kappa shape index (κ1) is 35.0. The van der Waals surface area contributed by atoms with E-state index in [1.165, 1.54) is 35.2 Å². The SMILES string of the molecule is O=C(NC1CCCCC1)C(Cc1ccccc1)N(Cc1ccc(Br)cc1)C(=O)CN(c1ccc(Cl)cc1Cl)S(=O)(=O)c1ccccc1. The monoisotopic (exact) mass is 755 g/mol. The second-order valence-corrected chi connectivity index (χ2v) is 15.2. The Labute approximate surface area is 295 Å². The molecule has 1 atom stereocenters. The van der Waals surface area contributed by atoms with Gasteiger partial charge in [-0.2, -0.15) is 0 Å². The van der Waals surface area contributed by atoms with Crippen molar-refractivity contribution in [3.05, 3.63) is 129 Å². The fourth-order valence-corrected chi connectivity index (χ4v) is 8.08. The molecule has 1 unspecified atom stereocenters. The van der Waals surface area contributed by atoms with Crippen molar-refractivity contribution >= 4 is 66.7 Å². The summed E-state index contributed by atoms with van der Waals surface area (Å²) in [6.45, 7) is -0.521. The fourth-order valence-electron chi connectivity index (χ4n) is 5.80. The number of nitrogens with zero attached hydrogens (tertiary/aromatic N) is 2. The lowest BCUT2D eigenvalue weighted by Gasteiger charge is -2.35. The van der Waals surface area contributed by atoms with Crippen molar-refractivity contribution in [2.75, 3.05) is 10.8 Å². The lowest BCUT2D eigenvalue weighted by Crippen LogP contribution is -2.55. The summed E-state index contributed by atoms with van der Waals surface area (Å²) in [5, 5.41) is 3.61. The summed E-state index contributed by atoms with van der Waals surface area (Å²) in [6, 6.07) is 28.4. The Kier molecular flexibility index (Phi) is 12.0. The maximum atomic E-state index is 14.6. The normalized spacial score (nSPS) is 14.3. The number of carbonyl (C=O) groups is 2. The molecule has 7 nitrogen and oxygen atoms in total. The van der Waals surface area contributed by atoms with Crippen LogP contribution in [-0.4, -0.2) is 43.8 Å². The maximum absolute atomic E-state index is 14.6. The van der Waals surface area contributed by atoms with Crippen molar-refractivity contribution in [3.63, 3.8) is 0 Å². The van der Waals surface area contributed by atoms with Crippen LogP contribution in [0.25, 0.3) is 0 Å². The lowest BCUT2D eigenvalue weighted by atomic mass is 9.94. The standard InChI is InChI=1S/C36H36BrCl2N3O4S/c37-28-18-16-27(17-19-28)24-41(34(22-26-10-4-1-5-11-26)36(44)40-30-12-6-2-7-13-30)35(43)25-42(33-21-20-29(38)23-32(33)39)47(45,46)31-14-8-3-9-15-31/h1,3-5,8-11,14-21,23,30,34H,2,6-7,12-13,22,24-25H2,(H,40,44). The first-order chi connectivity index (χ1) is 22.6. The summed E-state index contributed by atoms with van der Waals surface area (Å²) in [7, 11) is -4.27. The van der Waals surface area contributed by atoms with Gasteiger partial charge in [-0.1, -0.05) is 119 Å². The molecule has 0 bridgehead atoms. The fraction of sp³-hybridized carbons (Fsp3) is 0.278. The Bertz CT molecular complexity index is 1770. The smallest absolute Gasteiger partial charge is 0.264 e. The van der Waals surface area contributed by atoms with Crippen LogP contribution in [0.3, 0.4) is 0 Å². The Morgan fingerprint density at radius 1 is 0.830 bits per heavy atom. The average molecular weight is 758 g/mol. The van der Waals surface area contributed by atoms with Crippen LogP contribution in [0.2, 0.25) is 10.0 Å². The highest BCUT2D eigenvalue weighted by Gasteiger charge is 2.36. The quantitative estimate of drug-likeness (QED) is 0.159. The summed E-state index contributed by atoms with van der Waals surface area (Å²) in [4.78, 5) is 30.3. The van der Waals surface area contributed by atoms with Crippen molar-refractivity contribution in [1.82, 2.24) is 10.2 Å². The van der Waals surface area contributed by atoms with Gasteiger partial charge in [0.1, 0.15) is 12.6 Å². The van der Waals surface area contributed by atoms with Gasteiger partial charge in [0, 0.05) is 28.5 Å². The molecule has 1 saturated carbocycles. The van der Waals surface area contributed by atoms with E-state index in [1.807, 2.05) is 54.6 Å². The zero-order valence-electron chi connectivity index (χ0n) is 25.7. The minimum atomic E-state index is -4.27. The third-order valence-electron chi connectivity index (χ3n) is 8.28. The number of nitrogens with one attached hydrogen (secondary N) is 1. The molecule has 2 amide bonds. The molecule has 0 aromatic heterocycles. The molecule has 0 heterocycles. The second-order valence-electron chi connectivity index (χ2n) is 11.6. The number of carbonyl (C=O) groups excluding carboxylic acids is 2. The molecular formula is C36H36BrCl2N3O4S. The average Bonchev–Trinajstić information content (AvgIpc) is 3.07. The number of sulfonamides is 1. The molecule has 1 fully saturated rings. The zero-order chi connectivity index (χ0) is 33.4. The van der Waals surface area contributed by atoms with Crippen LogP contribution in [-0.2, 0) is 32.6 Å². The molecule has 4 aromatic carbocycles. The predicted octanol–water partition coefficient (Wildman–Crippen LogP) is 8.04. The summed E-state index contributed by atoms with van der Waals surface area (Å²) in [6.07, 6.45) is 5.20. The van der Waals surface area contributed by atoms with Gasteiger partial charge in [0.25, 0.3) is 10.0 Å². The van der Waals surface area contributed by atoms with Crippen molar-refractivity contribution in [2.24, 2.45) is 0 Å². The Balaban J connectivity index is 1.57. The van der Waals surface area contributed by atoms with E-state index in [-0.39, 0.29) is 40.5 Å². The predicted molar refractivity (Wildman–Crippen MR) is 191 cm³/mol. The van der Waals surface area contributed by atoms with Crippen LogP contribution in [0.5, 0.6) is 0 Å². The number of amides is 2. The molecule has 1 N–H and O–H groups in total. The highest BCUT2D eigenvalue weighted by atomic mass is 79.9. The number of anilines is 1. The first-order valence-electron chi connectivity index (χ1n) is 15.5. The maximum Gasteiger partial charge on any atom is 0.264 e. The molecule has 0 aliphatic heterocycles. The molecule has 246 valence electrons. The third-order valence-corrected chi connectivity index (χ3v) is 11.1. The van der Waals surface area contributed by atoms with Gasteiger partial charge < -0.3 is 10.2 Å². The van der Waals surface area contributed by atoms with Crippen LogP contribution in [0.1, 0.15) is 43.2 Å². The van der Waals surface area contributed by atoms with E-state index in [0.29, 0.717) is 5.02 Å². The van der Waals surface area contributed by atoms with Crippen molar-refractivity contribution in [2.45, 2.75) is 62.0 Å². The Morgan fingerprint density at radius 2 is 1.47 bits per heavy atom. The molecule has 0 spiro atoms. The van der Waals surface area contributed by atoms with Crippen molar-refractivity contribution in [1.29, 1.82) is 0 Å². The number of benzene rings is 4. The van der Waals surface area contributed by atoms with Gasteiger partial charge in [0.2, 0.25) is 11.8 Å². The van der Waals surface area contributed by atoms with Gasteiger partial charge in [0.15, 0.2) is 0 Å². The van der Waals surface area contributed by atoms with Gasteiger partial charge in [-0.05, 0) is 66.4 Å². The van der Waals surface area contributed by atoms with Crippen LogP contribution in [0, 0.1) is 0 Å². The molecule has 4 aromatic rings. The topological polar surface area (TPSA) is 86.8 Å². The van der Waals surface area contributed by atoms with E-state index in [0.717, 1.165) is 52.0 Å². The molecule has 1 aliphatic carbocycles. The number of hydrogen-bond donors (Lipinski definition) is 1. The van der Waals surface area contributed by atoms with Crippen molar-refractivity contribution in [3.8, 4) is 0 Å². The van der Waals surface area contributed by atoms with Gasteiger partial charge in [-0.25, -0.2) is 8.42 Å². The number of halogens is 3. The lowest BCUT2D eigenvalue weighted by molar-refractivity contribution is -0.140. The van der Waals surface area contributed by atoms with E-state index in [4.69, 9.17) is 23.2 Å². The Hall–Kier alpha value is -3.37. The van der Waals surface area contributed by atoms with Crippen LogP contribution in [0.4, 0.5) is 5.69 Å². The van der Waals surface area contributed by atoms with E-state index in [9.17, 15) is 18.0 Å². The van der Waals surface area contributed by atoms with E-state index in [1.54, 1.807) is 18.2 Å². The van der Waals surface area contributed by atoms with Crippen LogP contribution >= 0.6 is 39.1 Å². The molecule has 1 aliphatic rings. The molecule has 5 rings (SSSR count). The van der Waals surface area contributed by atoms with E-state index in [2.05, 4.69) is 21.2 Å². The number of hydrogen-bond acceptors (Lipinski definition) is 4. The van der Waals surface area contributed by atoms with Gasteiger partial charge >= 0.3 is 0 Å². The van der Waals surface area contributed by atoms with E-state index < -0.39 is 28.5 Å². The summed E-state index contributed by atoms with van der Waals surface area (Å²) in [5.41, 5.74) is 1.76. The first-order valence-corrected chi connectivity index (χ1v) is 18.5. The molecule has 0 saturated heterocycles.